The third-order valence-electron chi connectivity index (χ3n) is 4.44. The number of nitrogens with zero attached hydrogens (tertiary/aromatic N) is 1. The number of hydrogen-bond donors (Lipinski definition) is 1. The van der Waals surface area contributed by atoms with Crippen LogP contribution >= 0.6 is 0 Å². The van der Waals surface area contributed by atoms with Crippen LogP contribution in [-0.4, -0.2) is 48.2 Å². The molecule has 1 fully saturated rings. The number of esters is 1. The number of nitrogens with two attached hydrogens (primary N) is 1. The van der Waals surface area contributed by atoms with Gasteiger partial charge in [-0.1, -0.05) is 19.8 Å². The van der Waals surface area contributed by atoms with Crippen LogP contribution in [0.5, 0.6) is 0 Å². The van der Waals surface area contributed by atoms with Crippen molar-refractivity contribution in [3.05, 3.63) is 0 Å². The van der Waals surface area contributed by atoms with Gasteiger partial charge in [0.1, 0.15) is 6.10 Å². The van der Waals surface area contributed by atoms with Gasteiger partial charge in [0.05, 0.1) is 6.04 Å². The van der Waals surface area contributed by atoms with Crippen molar-refractivity contribution in [1.82, 2.24) is 4.90 Å². The fraction of sp³-hybridized carbons (Fsp3) is 0.875. The van der Waals surface area contributed by atoms with Gasteiger partial charge in [0, 0.05) is 19.5 Å². The molecule has 0 saturated heterocycles. The number of carbonyl (C=O) groups excluding carboxylic acids is 2. The Morgan fingerprint density at radius 1 is 1.25 bits per heavy atom. The zero-order chi connectivity index (χ0) is 18.3. The fourth-order valence-electron chi connectivity index (χ4n) is 3.05. The molecule has 8 heteroatoms. The van der Waals surface area contributed by atoms with Gasteiger partial charge in [0.15, 0.2) is 0 Å². The van der Waals surface area contributed by atoms with Gasteiger partial charge in [0.25, 0.3) is 0 Å². The Bertz CT molecular complexity index is 429. The summed E-state index contributed by atoms with van der Waals surface area (Å²) in [5, 5.41) is 0. The lowest BCUT2D eigenvalue weighted by Gasteiger charge is -2.37. The minimum atomic E-state index is -5.02. The molecule has 1 saturated carbocycles. The maximum atomic E-state index is 12.4. The van der Waals surface area contributed by atoms with Gasteiger partial charge in [0.2, 0.25) is 5.91 Å². The Morgan fingerprint density at radius 3 is 2.46 bits per heavy atom. The van der Waals surface area contributed by atoms with Crippen molar-refractivity contribution in [2.45, 2.75) is 82.7 Å². The van der Waals surface area contributed by atoms with Crippen LogP contribution in [0.25, 0.3) is 0 Å². The van der Waals surface area contributed by atoms with E-state index >= 15 is 0 Å². The SMILES string of the molecule is CCCC(N)CCC(=O)N(C)C1CCCCC1OC(=O)C(F)(F)F. The van der Waals surface area contributed by atoms with Crippen LogP contribution in [0.15, 0.2) is 0 Å². The normalized spacial score (nSPS) is 22.8. The minimum absolute atomic E-state index is 0.0578. The highest BCUT2D eigenvalue weighted by molar-refractivity contribution is 5.77. The van der Waals surface area contributed by atoms with Crippen molar-refractivity contribution in [3.8, 4) is 0 Å². The average molecular weight is 352 g/mol. The van der Waals surface area contributed by atoms with E-state index in [-0.39, 0.29) is 18.4 Å². The Hall–Kier alpha value is -1.31. The standard InChI is InChI=1S/C16H27F3N2O3/c1-3-6-11(20)9-10-14(22)21(2)12-7-4-5-8-13(12)24-15(23)16(17,18)19/h11-13H,3-10,20H2,1-2H3. The van der Waals surface area contributed by atoms with E-state index in [1.54, 1.807) is 7.05 Å². The monoisotopic (exact) mass is 352 g/mol. The summed E-state index contributed by atoms with van der Waals surface area (Å²) in [7, 11) is 1.55. The van der Waals surface area contributed by atoms with E-state index in [1.165, 1.54) is 4.90 Å². The smallest absolute Gasteiger partial charge is 0.454 e. The number of hydrogen-bond acceptors (Lipinski definition) is 4. The maximum absolute atomic E-state index is 12.4. The highest BCUT2D eigenvalue weighted by Gasteiger charge is 2.44. The van der Waals surface area contributed by atoms with Crippen molar-refractivity contribution >= 4 is 11.9 Å². The second-order valence-corrected chi connectivity index (χ2v) is 6.39. The van der Waals surface area contributed by atoms with Gasteiger partial charge in [-0.05, 0) is 32.1 Å². The molecule has 140 valence electrons. The van der Waals surface area contributed by atoms with Gasteiger partial charge < -0.3 is 15.4 Å². The molecule has 0 aromatic rings. The van der Waals surface area contributed by atoms with Crippen LogP contribution in [-0.2, 0) is 14.3 Å². The Labute approximate surface area is 140 Å². The van der Waals surface area contributed by atoms with E-state index in [2.05, 4.69) is 4.74 Å². The molecule has 3 atom stereocenters. The Balaban J connectivity index is 2.62. The van der Waals surface area contributed by atoms with Crippen molar-refractivity contribution in [1.29, 1.82) is 0 Å². The maximum Gasteiger partial charge on any atom is 0.490 e. The number of likely N-dealkylation sites (N-methyl/N-ethyl adjacent to an activating group) is 1. The molecule has 24 heavy (non-hydrogen) atoms. The van der Waals surface area contributed by atoms with Crippen molar-refractivity contribution in [3.63, 3.8) is 0 Å². The Kier molecular flexibility index (Phi) is 7.99. The molecule has 0 radical (unpaired) electrons. The molecule has 0 aromatic heterocycles. The van der Waals surface area contributed by atoms with Gasteiger partial charge >= 0.3 is 12.1 Å². The number of ether oxygens (including phenoxy) is 1. The topological polar surface area (TPSA) is 72.6 Å². The highest BCUT2D eigenvalue weighted by atomic mass is 19.4. The molecule has 0 aromatic carbocycles. The lowest BCUT2D eigenvalue weighted by molar-refractivity contribution is -0.209. The van der Waals surface area contributed by atoms with Gasteiger partial charge in [-0.2, -0.15) is 13.2 Å². The summed E-state index contributed by atoms with van der Waals surface area (Å²) in [5.74, 6) is -2.37. The highest BCUT2D eigenvalue weighted by Crippen LogP contribution is 2.28. The zero-order valence-electron chi connectivity index (χ0n) is 14.3. The van der Waals surface area contributed by atoms with Gasteiger partial charge in [-0.25, -0.2) is 4.79 Å². The average Bonchev–Trinajstić information content (AvgIpc) is 2.51. The van der Waals surface area contributed by atoms with Crippen molar-refractivity contribution < 1.29 is 27.5 Å². The van der Waals surface area contributed by atoms with Crippen molar-refractivity contribution in [2.24, 2.45) is 5.73 Å². The molecule has 3 unspecified atom stereocenters. The molecular formula is C16H27F3N2O3. The van der Waals surface area contributed by atoms with Crippen LogP contribution in [0, 0.1) is 0 Å². The number of alkyl halides is 3. The molecule has 0 bridgehead atoms. The second-order valence-electron chi connectivity index (χ2n) is 6.39. The van der Waals surface area contributed by atoms with Gasteiger partial charge in [-0.3, -0.25) is 4.79 Å². The number of amides is 1. The zero-order valence-corrected chi connectivity index (χ0v) is 14.3. The first-order valence-corrected chi connectivity index (χ1v) is 8.45. The summed E-state index contributed by atoms with van der Waals surface area (Å²) in [6, 6.07) is -0.572. The molecule has 2 N–H and O–H groups in total. The molecule has 0 aliphatic heterocycles. The predicted octanol–water partition coefficient (Wildman–Crippen LogP) is 2.77. The van der Waals surface area contributed by atoms with Crippen LogP contribution in [0.4, 0.5) is 13.2 Å². The van der Waals surface area contributed by atoms with E-state index < -0.39 is 24.3 Å². The van der Waals surface area contributed by atoms with E-state index in [1.807, 2.05) is 6.92 Å². The quantitative estimate of drug-likeness (QED) is 0.715. The van der Waals surface area contributed by atoms with E-state index in [9.17, 15) is 22.8 Å². The number of halogens is 3. The van der Waals surface area contributed by atoms with E-state index in [0.29, 0.717) is 25.7 Å². The van der Waals surface area contributed by atoms with Crippen molar-refractivity contribution in [2.75, 3.05) is 7.05 Å². The summed E-state index contributed by atoms with van der Waals surface area (Å²) in [6.07, 6.45) is -1.06. The van der Waals surface area contributed by atoms with Crippen LogP contribution in [0.2, 0.25) is 0 Å². The Morgan fingerprint density at radius 2 is 1.88 bits per heavy atom. The third kappa shape index (κ3) is 6.30. The van der Waals surface area contributed by atoms with Gasteiger partial charge in [-0.15, -0.1) is 0 Å². The van der Waals surface area contributed by atoms with Crippen LogP contribution in [0.1, 0.15) is 58.3 Å². The first-order chi connectivity index (χ1) is 11.2. The summed E-state index contributed by atoms with van der Waals surface area (Å²) in [4.78, 5) is 24.8. The molecular weight excluding hydrogens is 325 g/mol. The molecule has 1 aliphatic rings. The predicted molar refractivity (Wildman–Crippen MR) is 83.1 cm³/mol. The second kappa shape index (κ2) is 9.25. The molecule has 1 amide bonds. The first-order valence-electron chi connectivity index (χ1n) is 8.45. The lowest BCUT2D eigenvalue weighted by Crippen LogP contribution is -2.49. The molecule has 1 rings (SSSR count). The van der Waals surface area contributed by atoms with E-state index in [0.717, 1.165) is 19.3 Å². The number of rotatable bonds is 7. The fourth-order valence-corrected chi connectivity index (χ4v) is 3.05. The number of carbonyl (C=O) groups is 2. The summed E-state index contributed by atoms with van der Waals surface area (Å²) in [6.45, 7) is 2.01. The summed E-state index contributed by atoms with van der Waals surface area (Å²) >= 11 is 0. The third-order valence-corrected chi connectivity index (χ3v) is 4.44. The molecule has 0 heterocycles. The molecule has 5 nitrogen and oxygen atoms in total. The van der Waals surface area contributed by atoms with E-state index in [4.69, 9.17) is 5.73 Å². The van der Waals surface area contributed by atoms with Crippen LogP contribution < -0.4 is 5.73 Å². The summed E-state index contributed by atoms with van der Waals surface area (Å²) in [5.41, 5.74) is 5.89. The largest absolute Gasteiger partial charge is 0.490 e. The summed E-state index contributed by atoms with van der Waals surface area (Å²) < 4.78 is 41.8. The molecule has 1 aliphatic carbocycles. The first kappa shape index (κ1) is 20.7. The van der Waals surface area contributed by atoms with Crippen LogP contribution in [0.3, 0.4) is 0 Å². The lowest BCUT2D eigenvalue weighted by atomic mass is 9.91. The minimum Gasteiger partial charge on any atom is -0.454 e. The molecule has 0 spiro atoms.